The molecule has 0 amide bonds. The van der Waals surface area contributed by atoms with Crippen LogP contribution >= 0.6 is 0 Å². The second-order valence-corrected chi connectivity index (χ2v) is 15.1. The minimum atomic E-state index is -3.78. The molecule has 1 saturated heterocycles. The van der Waals surface area contributed by atoms with Gasteiger partial charge in [-0.05, 0) is 59.9 Å². The van der Waals surface area contributed by atoms with E-state index in [2.05, 4.69) is 99.5 Å². The second-order valence-electron chi connectivity index (χ2n) is 13.2. The molecule has 1 aliphatic rings. The smallest absolute Gasteiger partial charge is 0.301 e. The lowest BCUT2D eigenvalue weighted by molar-refractivity contribution is -0.131. The number of Topliss-reactive ketones (excluding diaryl/α,β-unsaturated/α-hetero) is 1. The van der Waals surface area contributed by atoms with E-state index >= 15 is 0 Å². The number of carbonyl (C=O) groups is 2. The Morgan fingerprint density at radius 1 is 0.840 bits per heavy atom. The first-order valence-electron chi connectivity index (χ1n) is 16.4. The van der Waals surface area contributed by atoms with E-state index < -0.39 is 33.0 Å². The summed E-state index contributed by atoms with van der Waals surface area (Å²) in [5, 5.41) is 0. The van der Waals surface area contributed by atoms with Crippen molar-refractivity contribution < 1.29 is 18.0 Å². The third-order valence-electron chi connectivity index (χ3n) is 9.75. The van der Waals surface area contributed by atoms with Crippen LogP contribution in [-0.2, 0) is 31.8 Å². The van der Waals surface area contributed by atoms with Gasteiger partial charge in [-0.15, -0.1) is 0 Å². The number of nitrogens with zero attached hydrogens (tertiary/aromatic N) is 4. The third kappa shape index (κ3) is 6.33. The topological polar surface area (TPSA) is 103 Å². The fourth-order valence-electron chi connectivity index (χ4n) is 7.11. The molecule has 0 spiro atoms. The van der Waals surface area contributed by atoms with Gasteiger partial charge in [0, 0.05) is 38.1 Å². The number of pyridine rings is 1. The quantitative estimate of drug-likeness (QED) is 0.0994. The van der Waals surface area contributed by atoms with E-state index in [1.165, 1.54) is 20.3 Å². The van der Waals surface area contributed by atoms with Crippen molar-refractivity contribution in [2.24, 2.45) is 0 Å². The lowest BCUT2D eigenvalue weighted by Gasteiger charge is -2.37. The van der Waals surface area contributed by atoms with E-state index in [0.717, 1.165) is 32.2 Å². The van der Waals surface area contributed by atoms with Crippen molar-refractivity contribution in [1.82, 2.24) is 14.2 Å². The summed E-state index contributed by atoms with van der Waals surface area (Å²) in [4.78, 5) is 33.6. The molecule has 6 rings (SSSR count). The number of ketones is 1. The van der Waals surface area contributed by atoms with Crippen LogP contribution in [0.1, 0.15) is 41.7 Å². The van der Waals surface area contributed by atoms with Gasteiger partial charge in [0.15, 0.2) is 6.29 Å². The van der Waals surface area contributed by atoms with E-state index in [0.29, 0.717) is 30.8 Å². The van der Waals surface area contributed by atoms with E-state index in [1.54, 1.807) is 12.3 Å². The number of aldehydes is 1. The van der Waals surface area contributed by atoms with Crippen molar-refractivity contribution in [3.8, 4) is 0 Å². The van der Waals surface area contributed by atoms with Crippen LogP contribution in [0.4, 0.5) is 11.4 Å². The molecule has 9 nitrogen and oxygen atoms in total. The second kappa shape index (κ2) is 14.0. The minimum absolute atomic E-state index is 0.303. The maximum atomic E-state index is 13.4. The van der Waals surface area contributed by atoms with E-state index in [-0.39, 0.29) is 0 Å². The molecule has 1 aromatic heterocycles. The number of benzene rings is 4. The molecular weight excluding hydrogens is 647 g/mol. The Hall–Kier alpha value is -5.16. The van der Waals surface area contributed by atoms with Crippen LogP contribution in [0.3, 0.4) is 0 Å². The summed E-state index contributed by atoms with van der Waals surface area (Å²) in [6, 6.07) is 40.5. The van der Waals surface area contributed by atoms with Crippen LogP contribution in [0.5, 0.6) is 0 Å². The first-order chi connectivity index (χ1) is 24.0. The molecule has 0 radical (unpaired) electrons. The monoisotopic (exact) mass is 687 g/mol. The largest absolute Gasteiger partial charge is 0.346 e. The lowest BCUT2D eigenvalue weighted by atomic mass is 9.65. The van der Waals surface area contributed by atoms with Gasteiger partial charge < -0.3 is 4.90 Å². The Kier molecular flexibility index (Phi) is 9.71. The zero-order valence-corrected chi connectivity index (χ0v) is 29.4. The molecule has 0 saturated carbocycles. The van der Waals surface area contributed by atoms with Crippen LogP contribution in [0.25, 0.3) is 0 Å². The minimum Gasteiger partial charge on any atom is -0.346 e. The Morgan fingerprint density at radius 3 is 1.82 bits per heavy atom. The van der Waals surface area contributed by atoms with Crippen molar-refractivity contribution in [2.45, 2.75) is 37.4 Å². The first-order valence-corrected chi connectivity index (χ1v) is 17.8. The number of rotatable bonds is 12. The number of hydrogen-bond acceptors (Lipinski definition) is 7. The molecule has 10 heteroatoms. The Balaban J connectivity index is 1.42. The van der Waals surface area contributed by atoms with Crippen molar-refractivity contribution in [2.75, 3.05) is 30.4 Å². The Morgan fingerprint density at radius 2 is 1.34 bits per heavy atom. The summed E-state index contributed by atoms with van der Waals surface area (Å²) in [5.41, 5.74) is 4.79. The number of anilines is 2. The molecule has 1 unspecified atom stereocenters. The van der Waals surface area contributed by atoms with Crippen molar-refractivity contribution in [1.29, 1.82) is 0 Å². The van der Waals surface area contributed by atoms with Gasteiger partial charge in [0.05, 0.1) is 24.0 Å². The zero-order valence-electron chi connectivity index (χ0n) is 28.6. The summed E-state index contributed by atoms with van der Waals surface area (Å²) in [6.07, 6.45) is 3.48. The molecule has 1 aliphatic heterocycles. The predicted molar refractivity (Wildman–Crippen MR) is 197 cm³/mol. The number of hydrogen-bond donors (Lipinski definition) is 1. The fraction of sp³-hybridized carbons (Fsp3) is 0.225. The van der Waals surface area contributed by atoms with Gasteiger partial charge in [-0.1, -0.05) is 103 Å². The Bertz CT molecular complexity index is 1960. The third-order valence-corrected chi connectivity index (χ3v) is 11.2. The SMILES string of the molecule is CN(C)S(=O)(=O)Nc1cnccc1CN1CN(c2ccc(C(c3ccccc3)(c3ccccc3)c3ccccc3)cc2)C(C(=O)C=O)C1(C)C. The van der Waals surface area contributed by atoms with Crippen molar-refractivity contribution in [3.05, 3.63) is 162 Å². The average Bonchev–Trinajstić information content (AvgIpc) is 3.39. The maximum absolute atomic E-state index is 13.4. The summed E-state index contributed by atoms with van der Waals surface area (Å²) in [7, 11) is -0.883. The average molecular weight is 688 g/mol. The van der Waals surface area contributed by atoms with E-state index in [4.69, 9.17) is 0 Å². The summed E-state index contributed by atoms with van der Waals surface area (Å²) < 4.78 is 29.1. The molecular formula is C40H41N5O4S. The van der Waals surface area contributed by atoms with Crippen LogP contribution in [0, 0.1) is 0 Å². The molecule has 1 N–H and O–H groups in total. The van der Waals surface area contributed by atoms with Gasteiger partial charge >= 0.3 is 10.2 Å². The van der Waals surface area contributed by atoms with Gasteiger partial charge in [-0.3, -0.25) is 24.2 Å². The number of nitrogens with one attached hydrogen (secondary N) is 1. The number of aromatic nitrogens is 1. The van der Waals surface area contributed by atoms with Crippen LogP contribution in [-0.4, -0.2) is 67.0 Å². The Labute approximate surface area is 294 Å². The zero-order chi connectivity index (χ0) is 35.5. The van der Waals surface area contributed by atoms with Crippen LogP contribution in [0.15, 0.2) is 134 Å². The highest BCUT2D eigenvalue weighted by Gasteiger charge is 2.50. The van der Waals surface area contributed by atoms with Crippen LogP contribution in [0.2, 0.25) is 0 Å². The van der Waals surface area contributed by atoms with E-state index in [1.807, 2.05) is 49.1 Å². The van der Waals surface area contributed by atoms with Gasteiger partial charge in [-0.2, -0.15) is 12.7 Å². The highest BCUT2D eigenvalue weighted by molar-refractivity contribution is 7.90. The maximum Gasteiger partial charge on any atom is 0.301 e. The van der Waals surface area contributed by atoms with Gasteiger partial charge in [0.25, 0.3) is 0 Å². The molecule has 0 bridgehead atoms. The highest BCUT2D eigenvalue weighted by Crippen LogP contribution is 2.46. The summed E-state index contributed by atoms with van der Waals surface area (Å²) in [6.45, 7) is 4.49. The van der Waals surface area contributed by atoms with Gasteiger partial charge in [0.2, 0.25) is 5.78 Å². The molecule has 5 aromatic rings. The van der Waals surface area contributed by atoms with Crippen molar-refractivity contribution >= 4 is 33.7 Å². The van der Waals surface area contributed by atoms with E-state index in [9.17, 15) is 18.0 Å². The molecule has 4 aromatic carbocycles. The highest BCUT2D eigenvalue weighted by atomic mass is 32.2. The molecule has 50 heavy (non-hydrogen) atoms. The van der Waals surface area contributed by atoms with Crippen LogP contribution < -0.4 is 9.62 Å². The fourth-order valence-corrected chi connectivity index (χ4v) is 7.75. The molecule has 256 valence electrons. The lowest BCUT2D eigenvalue weighted by Crippen LogP contribution is -2.51. The number of carbonyl (C=O) groups excluding carboxylic acids is 2. The summed E-state index contributed by atoms with van der Waals surface area (Å²) >= 11 is 0. The van der Waals surface area contributed by atoms with Gasteiger partial charge in [0.1, 0.15) is 6.04 Å². The van der Waals surface area contributed by atoms with Gasteiger partial charge in [-0.25, -0.2) is 0 Å². The first kappa shape index (κ1) is 34.7. The molecule has 1 fully saturated rings. The molecule has 1 atom stereocenters. The standard InChI is InChI=1S/C40H41N5O4S/c1-39(2)38(37(47)28-46)45(29-44(39)27-30-24-25-41-26-36(30)42-50(48,49)43(3)4)35-22-20-34(21-23-35)40(31-14-8-5-9-15-31,32-16-10-6-11-17-32)33-18-12-7-13-19-33/h5-26,28,38,42H,27,29H2,1-4H3. The predicted octanol–water partition coefficient (Wildman–Crippen LogP) is 5.88. The van der Waals surface area contributed by atoms with Crippen molar-refractivity contribution in [3.63, 3.8) is 0 Å². The molecule has 0 aliphatic carbocycles. The summed E-state index contributed by atoms with van der Waals surface area (Å²) in [5.74, 6) is -0.531. The molecule has 2 heterocycles. The normalized spacial score (nSPS) is 16.3.